The average Bonchev–Trinajstić information content (AvgIpc) is 3.19. The van der Waals surface area contributed by atoms with E-state index >= 15 is 0 Å². The number of nitrogens with zero attached hydrogens (tertiary/aromatic N) is 2. The van der Waals surface area contributed by atoms with Gasteiger partial charge in [0, 0.05) is 7.05 Å². The lowest BCUT2D eigenvalue weighted by molar-refractivity contribution is -0.123. The summed E-state index contributed by atoms with van der Waals surface area (Å²) in [5.41, 5.74) is -0.775. The molecule has 1 unspecified atom stereocenters. The highest BCUT2D eigenvalue weighted by molar-refractivity contribution is 8.00. The zero-order chi connectivity index (χ0) is 22.0. The van der Waals surface area contributed by atoms with Crippen LogP contribution < -0.4 is 16.2 Å². The highest BCUT2D eigenvalue weighted by Gasteiger charge is 2.20. The minimum Gasteiger partial charge on any atom is -0.346 e. The lowest BCUT2D eigenvalue weighted by Gasteiger charge is -2.13. The Morgan fingerprint density at radius 2 is 1.97 bits per heavy atom. The van der Waals surface area contributed by atoms with Gasteiger partial charge in [-0.3, -0.25) is 19.0 Å². The molecule has 12 heteroatoms. The first-order valence-corrected chi connectivity index (χ1v) is 10.3. The molecule has 2 heterocycles. The van der Waals surface area contributed by atoms with Crippen LogP contribution in [0.3, 0.4) is 0 Å². The Kier molecular flexibility index (Phi) is 6.46. The number of halogens is 3. The SMILES string of the molecule is CC(Sc1nc2sccc2c(=O)n1C)C(=O)NCC(=O)Nc1ccc(F)c(F)c1F. The molecule has 0 saturated heterocycles. The fourth-order valence-electron chi connectivity index (χ4n) is 2.43. The number of fused-ring (bicyclic) bond motifs is 1. The van der Waals surface area contributed by atoms with Crippen LogP contribution >= 0.6 is 23.1 Å². The molecule has 0 bridgehead atoms. The van der Waals surface area contributed by atoms with Crippen molar-refractivity contribution in [3.8, 4) is 0 Å². The van der Waals surface area contributed by atoms with Gasteiger partial charge in [-0.2, -0.15) is 0 Å². The van der Waals surface area contributed by atoms with Crippen LogP contribution in [0.25, 0.3) is 10.2 Å². The summed E-state index contributed by atoms with van der Waals surface area (Å²) < 4.78 is 41.1. The van der Waals surface area contributed by atoms with Gasteiger partial charge in [-0.15, -0.1) is 11.3 Å². The van der Waals surface area contributed by atoms with Gasteiger partial charge >= 0.3 is 0 Å². The largest absolute Gasteiger partial charge is 0.346 e. The Morgan fingerprint density at radius 3 is 2.70 bits per heavy atom. The first-order chi connectivity index (χ1) is 14.2. The molecule has 158 valence electrons. The first-order valence-electron chi connectivity index (χ1n) is 8.51. The molecule has 1 aromatic carbocycles. The van der Waals surface area contributed by atoms with Crippen LogP contribution in [0.1, 0.15) is 6.92 Å². The van der Waals surface area contributed by atoms with Crippen molar-refractivity contribution in [3.05, 3.63) is 51.4 Å². The van der Waals surface area contributed by atoms with Crippen LogP contribution in [0.4, 0.5) is 18.9 Å². The van der Waals surface area contributed by atoms with Gasteiger partial charge in [-0.25, -0.2) is 18.2 Å². The molecule has 3 rings (SSSR count). The Labute approximate surface area is 176 Å². The van der Waals surface area contributed by atoms with Crippen LogP contribution in [-0.4, -0.2) is 33.2 Å². The fourth-order valence-corrected chi connectivity index (χ4v) is 4.13. The van der Waals surface area contributed by atoms with Crippen molar-refractivity contribution in [1.29, 1.82) is 0 Å². The zero-order valence-corrected chi connectivity index (χ0v) is 17.3. The maximum absolute atomic E-state index is 13.6. The molecule has 7 nitrogen and oxygen atoms in total. The molecule has 0 fully saturated rings. The van der Waals surface area contributed by atoms with E-state index < -0.39 is 46.7 Å². The van der Waals surface area contributed by atoms with Crippen LogP contribution in [-0.2, 0) is 16.6 Å². The van der Waals surface area contributed by atoms with E-state index in [1.54, 1.807) is 25.4 Å². The van der Waals surface area contributed by atoms with Crippen molar-refractivity contribution in [2.45, 2.75) is 17.3 Å². The van der Waals surface area contributed by atoms with E-state index in [1.807, 2.05) is 0 Å². The van der Waals surface area contributed by atoms with E-state index in [4.69, 9.17) is 0 Å². The monoisotopic (exact) mass is 456 g/mol. The molecule has 2 N–H and O–H groups in total. The number of thioether (sulfide) groups is 1. The topological polar surface area (TPSA) is 93.1 Å². The summed E-state index contributed by atoms with van der Waals surface area (Å²) in [6, 6.07) is 3.22. The number of anilines is 1. The molecule has 0 spiro atoms. The van der Waals surface area contributed by atoms with Gasteiger partial charge in [0.2, 0.25) is 11.8 Å². The molecule has 2 aromatic heterocycles. The molecule has 3 aromatic rings. The Morgan fingerprint density at radius 1 is 1.23 bits per heavy atom. The van der Waals surface area contributed by atoms with E-state index in [0.29, 0.717) is 21.4 Å². The highest BCUT2D eigenvalue weighted by Crippen LogP contribution is 2.24. The van der Waals surface area contributed by atoms with Gasteiger partial charge in [-0.05, 0) is 30.5 Å². The molecule has 30 heavy (non-hydrogen) atoms. The zero-order valence-electron chi connectivity index (χ0n) is 15.7. The molecular formula is C18H15F3N4O3S2. The maximum atomic E-state index is 13.6. The number of benzene rings is 1. The number of nitrogens with one attached hydrogen (secondary N) is 2. The lowest BCUT2D eigenvalue weighted by Crippen LogP contribution is -2.37. The Bertz CT molecular complexity index is 1200. The van der Waals surface area contributed by atoms with Gasteiger partial charge in [0.15, 0.2) is 22.6 Å². The molecule has 2 amide bonds. The smallest absolute Gasteiger partial charge is 0.262 e. The molecule has 0 aliphatic heterocycles. The van der Waals surface area contributed by atoms with Crippen molar-refractivity contribution >= 4 is 50.8 Å². The third kappa shape index (κ3) is 4.49. The van der Waals surface area contributed by atoms with Gasteiger partial charge < -0.3 is 10.6 Å². The molecule has 0 saturated carbocycles. The number of aromatic nitrogens is 2. The summed E-state index contributed by atoms with van der Waals surface area (Å²) in [4.78, 5) is 41.4. The molecule has 1 atom stereocenters. The van der Waals surface area contributed by atoms with E-state index in [2.05, 4.69) is 15.6 Å². The number of carbonyl (C=O) groups excluding carboxylic acids is 2. The minimum absolute atomic E-state index is 0.232. The van der Waals surface area contributed by atoms with Gasteiger partial charge in [-0.1, -0.05) is 11.8 Å². The highest BCUT2D eigenvalue weighted by atomic mass is 32.2. The number of amides is 2. The van der Waals surface area contributed by atoms with E-state index in [-0.39, 0.29) is 5.56 Å². The molecule has 0 aliphatic rings. The van der Waals surface area contributed by atoms with E-state index in [0.717, 1.165) is 17.8 Å². The van der Waals surface area contributed by atoms with Crippen LogP contribution in [0, 0.1) is 17.5 Å². The maximum Gasteiger partial charge on any atom is 0.262 e. The number of hydrogen-bond donors (Lipinski definition) is 2. The predicted octanol–water partition coefficient (Wildman–Crippen LogP) is 2.65. The van der Waals surface area contributed by atoms with Crippen molar-refractivity contribution < 1.29 is 22.8 Å². The second-order valence-electron chi connectivity index (χ2n) is 6.15. The minimum atomic E-state index is -1.71. The summed E-state index contributed by atoms with van der Waals surface area (Å²) >= 11 is 2.34. The van der Waals surface area contributed by atoms with Crippen molar-refractivity contribution in [2.75, 3.05) is 11.9 Å². The third-order valence-corrected chi connectivity index (χ3v) is 6.00. The lowest BCUT2D eigenvalue weighted by atomic mass is 10.2. The molecule has 0 radical (unpaired) electrons. The number of thiophene rings is 1. The molecular weight excluding hydrogens is 441 g/mol. The average molecular weight is 456 g/mol. The van der Waals surface area contributed by atoms with E-state index in [1.165, 1.54) is 15.9 Å². The summed E-state index contributed by atoms with van der Waals surface area (Å²) in [6.07, 6.45) is 0. The predicted molar refractivity (Wildman–Crippen MR) is 108 cm³/mol. The van der Waals surface area contributed by atoms with Gasteiger partial charge in [0.05, 0.1) is 22.9 Å². The summed E-state index contributed by atoms with van der Waals surface area (Å²) in [5, 5.41) is 6.29. The first kappa shape index (κ1) is 21.8. The second-order valence-corrected chi connectivity index (χ2v) is 8.35. The van der Waals surface area contributed by atoms with Gasteiger partial charge in [0.1, 0.15) is 4.83 Å². The molecule has 0 aliphatic carbocycles. The Balaban J connectivity index is 1.60. The standard InChI is InChI=1S/C18H15F3N4O3S2/c1-8(30-18-24-16-9(5-6-29-16)17(28)25(18)2)15(27)22-7-12(26)23-11-4-3-10(19)13(20)14(11)21/h3-6,8H,7H2,1-2H3,(H,22,27)(H,23,26). The summed E-state index contributed by atoms with van der Waals surface area (Å²) in [5.74, 6) is -5.97. The van der Waals surface area contributed by atoms with Gasteiger partial charge in [0.25, 0.3) is 5.56 Å². The normalized spacial score (nSPS) is 12.0. The van der Waals surface area contributed by atoms with Crippen molar-refractivity contribution in [2.24, 2.45) is 7.05 Å². The van der Waals surface area contributed by atoms with Crippen LogP contribution in [0.15, 0.2) is 33.5 Å². The fraction of sp³-hybridized carbons (Fsp3) is 0.222. The summed E-state index contributed by atoms with van der Waals surface area (Å²) in [6.45, 7) is 1.05. The number of rotatable bonds is 6. The summed E-state index contributed by atoms with van der Waals surface area (Å²) in [7, 11) is 1.54. The number of carbonyl (C=O) groups is 2. The number of hydrogen-bond acceptors (Lipinski definition) is 6. The third-order valence-electron chi connectivity index (χ3n) is 4.05. The van der Waals surface area contributed by atoms with Crippen LogP contribution in [0.5, 0.6) is 0 Å². The van der Waals surface area contributed by atoms with Crippen molar-refractivity contribution in [1.82, 2.24) is 14.9 Å². The van der Waals surface area contributed by atoms with Crippen molar-refractivity contribution in [3.63, 3.8) is 0 Å². The van der Waals surface area contributed by atoms with Crippen LogP contribution in [0.2, 0.25) is 0 Å². The Hall–Kier alpha value is -2.86. The quantitative estimate of drug-likeness (QED) is 0.338. The second kappa shape index (κ2) is 8.88. The van der Waals surface area contributed by atoms with E-state index in [9.17, 15) is 27.6 Å².